The molecule has 0 radical (unpaired) electrons. The molecule has 0 saturated carbocycles. The van der Waals surface area contributed by atoms with Crippen molar-refractivity contribution in [3.63, 3.8) is 0 Å². The van der Waals surface area contributed by atoms with E-state index in [0.717, 1.165) is 24.2 Å². The Morgan fingerprint density at radius 2 is 1.27 bits per heavy atom. The minimum Gasteiger partial charge on any atom is -0.336 e. The maximum absolute atomic E-state index is 13.6. The number of benzene rings is 4. The molecule has 8 heteroatoms. The topological polar surface area (TPSA) is 64.2 Å². The van der Waals surface area contributed by atoms with Crippen LogP contribution >= 0.6 is 0 Å². The number of hydrogen-bond donors (Lipinski definition) is 0. The number of hydrogen-bond acceptors (Lipinski definition) is 5. The van der Waals surface area contributed by atoms with Gasteiger partial charge in [-0.15, -0.1) is 0 Å². The van der Waals surface area contributed by atoms with Gasteiger partial charge in [0.25, 0.3) is 5.91 Å². The van der Waals surface area contributed by atoms with Crippen molar-refractivity contribution in [2.75, 3.05) is 52.4 Å². The number of sulfonamides is 1. The fourth-order valence-corrected chi connectivity index (χ4v) is 7.72. The molecule has 0 N–H and O–H groups in total. The lowest BCUT2D eigenvalue weighted by atomic mass is 9.96. The summed E-state index contributed by atoms with van der Waals surface area (Å²) in [4.78, 5) is 20.6. The second-order valence-electron chi connectivity index (χ2n) is 11.7. The van der Waals surface area contributed by atoms with E-state index in [0.29, 0.717) is 56.3 Å². The molecule has 0 atom stereocenters. The maximum atomic E-state index is 13.6. The van der Waals surface area contributed by atoms with Crippen molar-refractivity contribution in [1.29, 1.82) is 0 Å². The summed E-state index contributed by atoms with van der Waals surface area (Å²) in [5, 5.41) is 0. The number of amides is 1. The van der Waals surface area contributed by atoms with E-state index in [1.54, 1.807) is 16.4 Å². The van der Waals surface area contributed by atoms with Crippen LogP contribution in [0.15, 0.2) is 114 Å². The molecule has 2 heterocycles. The molecule has 0 aliphatic carbocycles. The van der Waals surface area contributed by atoms with Crippen LogP contribution in [0, 0.1) is 6.92 Å². The molecular formula is C36H40N4O3S. The Labute approximate surface area is 261 Å². The SMILES string of the molecule is Cc1ccc(S(=O)(=O)N2CCN(Cc3cccc(C(=O)N4CCN(C(c5ccccc5)c5ccccc5)CC4)c3)CC2)cc1. The summed E-state index contributed by atoms with van der Waals surface area (Å²) in [6, 6.07) is 36.3. The van der Waals surface area contributed by atoms with Gasteiger partial charge in [0.15, 0.2) is 0 Å². The van der Waals surface area contributed by atoms with E-state index in [1.807, 2.05) is 54.3 Å². The van der Waals surface area contributed by atoms with Gasteiger partial charge in [0.1, 0.15) is 0 Å². The lowest BCUT2D eigenvalue weighted by Crippen LogP contribution is -2.50. The molecule has 1 amide bonds. The molecule has 0 spiro atoms. The van der Waals surface area contributed by atoms with Crippen LogP contribution in [0.25, 0.3) is 0 Å². The Morgan fingerprint density at radius 1 is 0.682 bits per heavy atom. The predicted molar refractivity (Wildman–Crippen MR) is 174 cm³/mol. The third kappa shape index (κ3) is 6.79. The van der Waals surface area contributed by atoms with Crippen LogP contribution < -0.4 is 0 Å². The molecule has 2 aliphatic heterocycles. The van der Waals surface area contributed by atoms with Crippen LogP contribution in [-0.2, 0) is 16.6 Å². The summed E-state index contributed by atoms with van der Waals surface area (Å²) < 4.78 is 27.8. The number of aryl methyl sites for hydroxylation is 1. The molecule has 6 rings (SSSR count). The number of carbonyl (C=O) groups excluding carboxylic acids is 1. The van der Waals surface area contributed by atoms with Crippen LogP contribution in [0.1, 0.15) is 38.7 Å². The zero-order chi connectivity index (χ0) is 30.5. The Balaban J connectivity index is 1.05. The van der Waals surface area contributed by atoms with Gasteiger partial charge in [0.05, 0.1) is 10.9 Å². The van der Waals surface area contributed by atoms with E-state index < -0.39 is 10.0 Å². The van der Waals surface area contributed by atoms with E-state index in [4.69, 9.17) is 0 Å². The summed E-state index contributed by atoms with van der Waals surface area (Å²) in [6.45, 7) is 7.79. The van der Waals surface area contributed by atoms with Crippen molar-refractivity contribution in [1.82, 2.24) is 19.0 Å². The molecule has 0 bridgehead atoms. The molecule has 2 saturated heterocycles. The fraction of sp³-hybridized carbons (Fsp3) is 0.306. The van der Waals surface area contributed by atoms with E-state index in [9.17, 15) is 13.2 Å². The van der Waals surface area contributed by atoms with Gasteiger partial charge in [0.2, 0.25) is 10.0 Å². The smallest absolute Gasteiger partial charge is 0.253 e. The van der Waals surface area contributed by atoms with Gasteiger partial charge < -0.3 is 4.90 Å². The van der Waals surface area contributed by atoms with Crippen LogP contribution in [0.3, 0.4) is 0 Å². The second-order valence-corrected chi connectivity index (χ2v) is 13.7. The Morgan fingerprint density at radius 3 is 1.86 bits per heavy atom. The summed E-state index contributed by atoms with van der Waals surface area (Å²) in [6.07, 6.45) is 0. The largest absolute Gasteiger partial charge is 0.336 e. The first-order chi connectivity index (χ1) is 21.4. The van der Waals surface area contributed by atoms with Crippen molar-refractivity contribution < 1.29 is 13.2 Å². The molecular weight excluding hydrogens is 568 g/mol. The number of rotatable bonds is 8. The highest BCUT2D eigenvalue weighted by Crippen LogP contribution is 2.30. The van der Waals surface area contributed by atoms with Gasteiger partial charge in [-0.05, 0) is 47.9 Å². The number of carbonyl (C=O) groups is 1. The second kappa shape index (κ2) is 13.4. The van der Waals surface area contributed by atoms with Crippen molar-refractivity contribution in [2.24, 2.45) is 0 Å². The Hall–Kier alpha value is -3.82. The zero-order valence-corrected chi connectivity index (χ0v) is 26.1. The Bertz CT molecular complexity index is 1610. The lowest BCUT2D eigenvalue weighted by Gasteiger charge is -2.40. The van der Waals surface area contributed by atoms with Crippen molar-refractivity contribution in [2.45, 2.75) is 24.4 Å². The first kappa shape index (κ1) is 30.2. The van der Waals surface area contributed by atoms with Crippen molar-refractivity contribution >= 4 is 15.9 Å². The maximum Gasteiger partial charge on any atom is 0.253 e. The average molecular weight is 609 g/mol. The summed E-state index contributed by atoms with van der Waals surface area (Å²) in [5.74, 6) is 0.0662. The lowest BCUT2D eigenvalue weighted by molar-refractivity contribution is 0.0597. The Kier molecular flexibility index (Phi) is 9.23. The van der Waals surface area contributed by atoms with Gasteiger partial charge in [-0.1, -0.05) is 90.5 Å². The van der Waals surface area contributed by atoms with Crippen LogP contribution in [0.2, 0.25) is 0 Å². The standard InChI is InChI=1S/C36H40N4O3S/c1-29-15-17-34(18-16-29)44(42,43)40-25-19-37(20-26-40)28-30-9-8-14-33(27-30)36(41)39-23-21-38(22-24-39)35(31-10-4-2-5-11-31)32-12-6-3-7-13-32/h2-18,27,35H,19-26,28H2,1H3. The van der Waals surface area contributed by atoms with Crippen LogP contribution in [-0.4, -0.2) is 85.7 Å². The van der Waals surface area contributed by atoms with Gasteiger partial charge in [-0.25, -0.2) is 8.42 Å². The molecule has 44 heavy (non-hydrogen) atoms. The molecule has 4 aromatic rings. The first-order valence-corrected chi connectivity index (χ1v) is 16.8. The zero-order valence-electron chi connectivity index (χ0n) is 25.3. The molecule has 4 aromatic carbocycles. The summed E-state index contributed by atoms with van der Waals surface area (Å²) >= 11 is 0. The van der Waals surface area contributed by atoms with E-state index in [2.05, 4.69) is 64.4 Å². The van der Waals surface area contributed by atoms with E-state index in [-0.39, 0.29) is 11.9 Å². The van der Waals surface area contributed by atoms with Gasteiger partial charge >= 0.3 is 0 Å². The monoisotopic (exact) mass is 608 g/mol. The van der Waals surface area contributed by atoms with Gasteiger partial charge in [0, 0.05) is 64.5 Å². The quantitative estimate of drug-likeness (QED) is 0.280. The predicted octanol–water partition coefficient (Wildman–Crippen LogP) is 5.05. The van der Waals surface area contributed by atoms with Crippen LogP contribution in [0.4, 0.5) is 0 Å². The molecule has 0 unspecified atom stereocenters. The molecule has 7 nitrogen and oxygen atoms in total. The molecule has 2 aliphatic rings. The minimum atomic E-state index is -3.49. The molecule has 0 aromatic heterocycles. The third-order valence-electron chi connectivity index (χ3n) is 8.77. The first-order valence-electron chi connectivity index (χ1n) is 15.4. The molecule has 228 valence electrons. The number of piperazine rings is 2. The summed E-state index contributed by atoms with van der Waals surface area (Å²) in [7, 11) is -3.49. The van der Waals surface area contributed by atoms with E-state index >= 15 is 0 Å². The minimum absolute atomic E-state index is 0.0662. The highest BCUT2D eigenvalue weighted by Gasteiger charge is 2.30. The van der Waals surface area contributed by atoms with Crippen molar-refractivity contribution in [3.05, 3.63) is 137 Å². The highest BCUT2D eigenvalue weighted by molar-refractivity contribution is 7.89. The van der Waals surface area contributed by atoms with Gasteiger partial charge in [-0.2, -0.15) is 4.31 Å². The van der Waals surface area contributed by atoms with E-state index in [1.165, 1.54) is 11.1 Å². The van der Waals surface area contributed by atoms with Gasteiger partial charge in [-0.3, -0.25) is 14.6 Å². The third-order valence-corrected chi connectivity index (χ3v) is 10.7. The summed E-state index contributed by atoms with van der Waals surface area (Å²) in [5.41, 5.74) is 5.34. The fourth-order valence-electron chi connectivity index (χ4n) is 6.30. The normalized spacial score (nSPS) is 17.2. The van der Waals surface area contributed by atoms with Crippen LogP contribution in [0.5, 0.6) is 0 Å². The molecule has 2 fully saturated rings. The average Bonchev–Trinajstić information content (AvgIpc) is 3.06. The highest BCUT2D eigenvalue weighted by atomic mass is 32.2. The van der Waals surface area contributed by atoms with Crippen molar-refractivity contribution in [3.8, 4) is 0 Å². The number of nitrogens with zero attached hydrogens (tertiary/aromatic N) is 4.